The molecule has 0 fully saturated rings. The Hall–Kier alpha value is -2.09. The summed E-state index contributed by atoms with van der Waals surface area (Å²) in [5.41, 5.74) is 0. The van der Waals surface area contributed by atoms with Gasteiger partial charge in [0.1, 0.15) is 19.0 Å². The van der Waals surface area contributed by atoms with E-state index in [9.17, 15) is 18.0 Å². The summed E-state index contributed by atoms with van der Waals surface area (Å²) in [5, 5.41) is 0. The number of benzene rings is 1. The van der Waals surface area contributed by atoms with Crippen molar-refractivity contribution in [3.05, 3.63) is 24.3 Å². The van der Waals surface area contributed by atoms with Crippen molar-refractivity contribution in [2.45, 2.75) is 18.7 Å². The van der Waals surface area contributed by atoms with Crippen molar-refractivity contribution < 1.29 is 33.6 Å². The van der Waals surface area contributed by atoms with Crippen LogP contribution in [0, 0.1) is 5.92 Å². The normalized spacial score (nSPS) is 12.9. The fraction of sp³-hybridized carbons (Fsp3) is 0.429. The average molecular weight is 331 g/mol. The lowest BCUT2D eigenvalue weighted by atomic mass is 10.2. The molecule has 122 valence electrons. The number of sulfone groups is 1. The van der Waals surface area contributed by atoms with E-state index >= 15 is 0 Å². The third-order valence-electron chi connectivity index (χ3n) is 2.40. The molecule has 1 unspecified atom stereocenters. The van der Waals surface area contributed by atoms with E-state index in [-0.39, 0.29) is 30.8 Å². The molecule has 8 heteroatoms. The molecule has 1 aromatic rings. The summed E-state index contributed by atoms with van der Waals surface area (Å²) in [4.78, 5) is 22.8. The molecule has 0 N–H and O–H groups in total. The first-order valence-corrected chi connectivity index (χ1v) is 8.23. The van der Waals surface area contributed by atoms with Crippen LogP contribution in [0.1, 0.15) is 15.2 Å². The van der Waals surface area contributed by atoms with Crippen LogP contribution in [0.3, 0.4) is 0 Å². The second-order valence-corrected chi connectivity index (χ2v) is 6.53. The van der Waals surface area contributed by atoms with Crippen LogP contribution in [0.2, 0.25) is 0 Å². The summed E-state index contributed by atoms with van der Waals surface area (Å²) in [6.07, 6.45) is 0.0710. The summed E-state index contributed by atoms with van der Waals surface area (Å²) in [6, 6.07) is 5.27. The summed E-state index contributed by atoms with van der Waals surface area (Å²) < 4.78 is 43.9. The Labute approximate surface area is 130 Å². The molecule has 0 amide bonds. The molecule has 0 aliphatic carbocycles. The number of hydrogen-bond acceptors (Lipinski definition) is 7. The fourth-order valence-corrected chi connectivity index (χ4v) is 1.92. The van der Waals surface area contributed by atoms with Crippen LogP contribution in [0.4, 0.5) is 4.79 Å². The Morgan fingerprint density at radius 1 is 1.18 bits per heavy atom. The van der Waals surface area contributed by atoms with Crippen molar-refractivity contribution in [2.75, 3.05) is 19.5 Å². The summed E-state index contributed by atoms with van der Waals surface area (Å²) in [6.45, 7) is 1.16. The van der Waals surface area contributed by atoms with E-state index < -0.39 is 27.9 Å². The van der Waals surface area contributed by atoms with Crippen LogP contribution >= 0.6 is 0 Å². The molecule has 0 radical (unpaired) electrons. The zero-order chi connectivity index (χ0) is 17.5. The number of hydrogen-bond donors (Lipinski definition) is 0. The van der Waals surface area contributed by atoms with E-state index in [1.165, 1.54) is 24.3 Å². The third-order valence-corrected chi connectivity index (χ3v) is 3.53. The maximum Gasteiger partial charge on any atom is 0.513 e. The van der Waals surface area contributed by atoms with Gasteiger partial charge in [-0.1, -0.05) is 13.8 Å². The predicted octanol–water partition coefficient (Wildman–Crippen LogP) is 1.80. The number of rotatable bonds is 6. The lowest BCUT2D eigenvalue weighted by Gasteiger charge is -2.08. The molecule has 0 aromatic heterocycles. The Balaban J connectivity index is 2.36. The highest BCUT2D eigenvalue weighted by atomic mass is 32.2. The highest BCUT2D eigenvalue weighted by Gasteiger charge is 2.11. The minimum Gasteiger partial charge on any atom is -0.462 e. The van der Waals surface area contributed by atoms with E-state index in [1.54, 1.807) is 6.92 Å². The van der Waals surface area contributed by atoms with Gasteiger partial charge < -0.3 is 14.2 Å². The Bertz CT molecular complexity index is 640. The highest BCUT2D eigenvalue weighted by molar-refractivity contribution is 7.90. The molecule has 0 saturated heterocycles. The van der Waals surface area contributed by atoms with Gasteiger partial charge in [-0.15, -0.1) is 0 Å². The lowest BCUT2D eigenvalue weighted by Crippen LogP contribution is -2.18. The predicted molar refractivity (Wildman–Crippen MR) is 77.3 cm³/mol. The first-order valence-electron chi connectivity index (χ1n) is 7.05. The van der Waals surface area contributed by atoms with Gasteiger partial charge in [0.2, 0.25) is 0 Å². The number of carbonyl (C=O) groups excluding carboxylic acids is 2. The van der Waals surface area contributed by atoms with Gasteiger partial charge in [-0.25, -0.2) is 13.2 Å². The summed E-state index contributed by atoms with van der Waals surface area (Å²) in [5.74, 6) is -0.939. The first-order chi connectivity index (χ1) is 10.7. The molecule has 0 saturated carbocycles. The number of esters is 1. The van der Waals surface area contributed by atoms with Crippen molar-refractivity contribution in [3.63, 3.8) is 0 Å². The molecule has 1 atom stereocenters. The summed E-state index contributed by atoms with van der Waals surface area (Å²) in [7, 11) is -3.32. The van der Waals surface area contributed by atoms with Crippen molar-refractivity contribution in [1.82, 2.24) is 0 Å². The van der Waals surface area contributed by atoms with Crippen LogP contribution in [0.5, 0.6) is 5.75 Å². The average Bonchev–Trinajstić information content (AvgIpc) is 2.50. The monoisotopic (exact) mass is 331 g/mol. The molecular weight excluding hydrogens is 312 g/mol. The number of ether oxygens (including phenoxy) is 3. The molecule has 0 bridgehead atoms. The second kappa shape index (κ2) is 7.79. The van der Waals surface area contributed by atoms with Gasteiger partial charge in [0.25, 0.3) is 0 Å². The van der Waals surface area contributed by atoms with Crippen LogP contribution < -0.4 is 4.74 Å². The Morgan fingerprint density at radius 3 is 2.32 bits per heavy atom. The standard InChI is InChI=1S/C14H18O7S/c1-10(2)13(15)19-8-9-20-14(16)21-11-4-6-12(7-5-11)22(3,17)18/h4-7,10H,8-9H2,1-3H3/i1D. The van der Waals surface area contributed by atoms with Gasteiger partial charge in [-0.05, 0) is 24.3 Å². The quantitative estimate of drug-likeness (QED) is 0.445. The SMILES string of the molecule is [2H]CC(C)C(=O)OCCOC(=O)Oc1ccc(S(C)(=O)=O)cc1. The van der Waals surface area contributed by atoms with E-state index in [2.05, 4.69) is 0 Å². The maximum absolute atomic E-state index is 11.4. The highest BCUT2D eigenvalue weighted by Crippen LogP contribution is 2.16. The minimum atomic E-state index is -3.32. The van der Waals surface area contributed by atoms with Gasteiger partial charge in [-0.3, -0.25) is 4.79 Å². The van der Waals surface area contributed by atoms with Crippen molar-refractivity contribution >= 4 is 22.0 Å². The molecule has 0 spiro atoms. The third kappa shape index (κ3) is 6.13. The smallest absolute Gasteiger partial charge is 0.462 e. The molecule has 0 aliphatic rings. The minimum absolute atomic E-state index is 0.0782. The first kappa shape index (κ1) is 16.3. The van der Waals surface area contributed by atoms with Crippen molar-refractivity contribution in [3.8, 4) is 5.75 Å². The van der Waals surface area contributed by atoms with Crippen molar-refractivity contribution in [1.29, 1.82) is 0 Å². The zero-order valence-corrected chi connectivity index (χ0v) is 13.1. The zero-order valence-electron chi connectivity index (χ0n) is 13.3. The van der Waals surface area contributed by atoms with Crippen LogP contribution in [-0.4, -0.2) is 40.0 Å². The van der Waals surface area contributed by atoms with Gasteiger partial charge in [0.15, 0.2) is 9.84 Å². The second-order valence-electron chi connectivity index (χ2n) is 4.51. The van der Waals surface area contributed by atoms with Gasteiger partial charge in [-0.2, -0.15) is 0 Å². The summed E-state index contributed by atoms with van der Waals surface area (Å²) >= 11 is 0. The van der Waals surface area contributed by atoms with Crippen LogP contribution in [0.25, 0.3) is 0 Å². The largest absolute Gasteiger partial charge is 0.513 e. The molecule has 22 heavy (non-hydrogen) atoms. The van der Waals surface area contributed by atoms with Gasteiger partial charge >= 0.3 is 12.1 Å². The molecular formula is C14H18O7S. The Kier molecular flexibility index (Phi) is 5.76. The van der Waals surface area contributed by atoms with Crippen molar-refractivity contribution in [2.24, 2.45) is 5.92 Å². The van der Waals surface area contributed by atoms with Gasteiger partial charge in [0.05, 0.1) is 10.8 Å². The van der Waals surface area contributed by atoms with E-state index in [4.69, 9.17) is 15.6 Å². The topological polar surface area (TPSA) is 96.0 Å². The fourth-order valence-electron chi connectivity index (χ4n) is 1.29. The Morgan fingerprint density at radius 2 is 1.77 bits per heavy atom. The molecule has 1 rings (SSSR count). The molecule has 1 aromatic carbocycles. The number of carbonyl (C=O) groups is 2. The van der Waals surface area contributed by atoms with Crippen LogP contribution in [0.15, 0.2) is 29.2 Å². The maximum atomic E-state index is 11.4. The van der Waals surface area contributed by atoms with Gasteiger partial charge in [0, 0.05) is 7.63 Å². The van der Waals surface area contributed by atoms with E-state index in [0.29, 0.717) is 0 Å². The molecule has 7 nitrogen and oxygen atoms in total. The molecule has 0 aliphatic heterocycles. The van der Waals surface area contributed by atoms with Crippen LogP contribution in [-0.2, 0) is 24.1 Å². The van der Waals surface area contributed by atoms with E-state index in [0.717, 1.165) is 6.26 Å². The van der Waals surface area contributed by atoms with E-state index in [1.807, 2.05) is 0 Å². The molecule has 0 heterocycles. The lowest BCUT2D eigenvalue weighted by molar-refractivity contribution is -0.148.